The lowest BCUT2D eigenvalue weighted by Gasteiger charge is -2.25. The second-order valence-electron chi connectivity index (χ2n) is 6.05. The van der Waals surface area contributed by atoms with Crippen LogP contribution in [0.4, 0.5) is 0 Å². The van der Waals surface area contributed by atoms with Gasteiger partial charge in [0.1, 0.15) is 0 Å². The van der Waals surface area contributed by atoms with Crippen molar-refractivity contribution in [2.45, 2.75) is 25.8 Å². The van der Waals surface area contributed by atoms with Crippen molar-refractivity contribution < 1.29 is 9.59 Å². The predicted molar refractivity (Wildman–Crippen MR) is 93.5 cm³/mol. The molecule has 2 unspecified atom stereocenters. The number of likely N-dealkylation sites (tertiary alicyclic amines) is 1. The summed E-state index contributed by atoms with van der Waals surface area (Å²) in [5.74, 6) is -0.258. The highest BCUT2D eigenvalue weighted by Crippen LogP contribution is 2.28. The Morgan fingerprint density at radius 1 is 1.42 bits per heavy atom. The van der Waals surface area contributed by atoms with Crippen molar-refractivity contribution in [1.82, 2.24) is 15.2 Å². The van der Waals surface area contributed by atoms with Crippen molar-refractivity contribution in [1.29, 1.82) is 0 Å². The van der Waals surface area contributed by atoms with Crippen LogP contribution in [0.25, 0.3) is 0 Å². The third-order valence-electron chi connectivity index (χ3n) is 4.44. The number of hydrogen-bond donors (Lipinski definition) is 1. The van der Waals surface area contributed by atoms with E-state index in [1.54, 1.807) is 21.7 Å². The van der Waals surface area contributed by atoms with E-state index in [4.69, 9.17) is 0 Å². The summed E-state index contributed by atoms with van der Waals surface area (Å²) < 4.78 is 0. The van der Waals surface area contributed by atoms with Crippen molar-refractivity contribution in [3.8, 4) is 0 Å². The lowest BCUT2D eigenvalue weighted by molar-refractivity contribution is -0.130. The van der Waals surface area contributed by atoms with Gasteiger partial charge in [-0.15, -0.1) is 11.3 Å². The number of carbonyl (C=O) groups is 2. The summed E-state index contributed by atoms with van der Waals surface area (Å²) in [4.78, 5) is 30.6. The maximum Gasteiger partial charge on any atom is 0.225 e. The van der Waals surface area contributed by atoms with E-state index in [9.17, 15) is 9.59 Å². The van der Waals surface area contributed by atoms with E-state index in [1.165, 1.54) is 0 Å². The Bertz CT molecular complexity index is 688. The number of nitrogens with zero attached hydrogens (tertiary/aromatic N) is 2. The van der Waals surface area contributed by atoms with Crippen LogP contribution >= 0.6 is 11.3 Å². The molecule has 1 N–H and O–H groups in total. The zero-order valence-corrected chi connectivity index (χ0v) is 14.5. The van der Waals surface area contributed by atoms with E-state index >= 15 is 0 Å². The highest BCUT2D eigenvalue weighted by molar-refractivity contribution is 7.07. The topological polar surface area (TPSA) is 62.3 Å². The molecular formula is C18H21N3O2S. The van der Waals surface area contributed by atoms with Crippen molar-refractivity contribution in [3.05, 3.63) is 52.5 Å². The van der Waals surface area contributed by atoms with Gasteiger partial charge in [0.15, 0.2) is 0 Å². The molecule has 1 aliphatic rings. The van der Waals surface area contributed by atoms with Gasteiger partial charge in [-0.3, -0.25) is 9.59 Å². The zero-order valence-electron chi connectivity index (χ0n) is 13.6. The van der Waals surface area contributed by atoms with Gasteiger partial charge >= 0.3 is 0 Å². The summed E-state index contributed by atoms with van der Waals surface area (Å²) in [6.07, 6.45) is 1.01. The summed E-state index contributed by atoms with van der Waals surface area (Å²) in [5, 5.41) is 4.91. The van der Waals surface area contributed by atoms with Gasteiger partial charge in [0, 0.05) is 31.3 Å². The molecular weight excluding hydrogens is 322 g/mol. The third kappa shape index (κ3) is 3.82. The molecule has 1 saturated heterocycles. The number of thiazole rings is 1. The standard InChI is InChI=1S/C18H21N3O2S/c1-13(14-5-3-2-4-6-14)21-10-15(9-17(21)22)18(23)19-8-7-16-11-24-12-20-16/h2-6,11-13,15H,7-10H2,1H3,(H,19,23). The largest absolute Gasteiger partial charge is 0.355 e. The van der Waals surface area contributed by atoms with Crippen LogP contribution in [0.3, 0.4) is 0 Å². The Labute approximate surface area is 145 Å². The van der Waals surface area contributed by atoms with Crippen LogP contribution in [0, 0.1) is 5.92 Å². The number of hydrogen-bond acceptors (Lipinski definition) is 4. The number of carbonyl (C=O) groups excluding carboxylic acids is 2. The first kappa shape index (κ1) is 16.6. The minimum absolute atomic E-state index is 0.00786. The first-order valence-electron chi connectivity index (χ1n) is 8.14. The van der Waals surface area contributed by atoms with Crippen molar-refractivity contribution in [2.24, 2.45) is 5.92 Å². The molecule has 126 valence electrons. The lowest BCUT2D eigenvalue weighted by Crippen LogP contribution is -2.34. The normalized spacial score (nSPS) is 18.6. The van der Waals surface area contributed by atoms with Crippen LogP contribution in [0.1, 0.15) is 30.6 Å². The Morgan fingerprint density at radius 2 is 2.21 bits per heavy atom. The molecule has 2 atom stereocenters. The van der Waals surface area contributed by atoms with Crippen molar-refractivity contribution in [3.63, 3.8) is 0 Å². The van der Waals surface area contributed by atoms with E-state index in [2.05, 4.69) is 10.3 Å². The van der Waals surface area contributed by atoms with Crippen LogP contribution in [0.2, 0.25) is 0 Å². The number of rotatable bonds is 6. The zero-order chi connectivity index (χ0) is 16.9. The Morgan fingerprint density at radius 3 is 2.92 bits per heavy atom. The molecule has 2 aromatic rings. The Balaban J connectivity index is 1.53. The van der Waals surface area contributed by atoms with Gasteiger partial charge in [-0.2, -0.15) is 0 Å². The molecule has 0 radical (unpaired) electrons. The monoisotopic (exact) mass is 343 g/mol. The second kappa shape index (κ2) is 7.57. The quantitative estimate of drug-likeness (QED) is 0.876. The minimum atomic E-state index is -0.265. The highest BCUT2D eigenvalue weighted by atomic mass is 32.1. The maximum atomic E-state index is 12.3. The SMILES string of the molecule is CC(c1ccccc1)N1CC(C(=O)NCCc2cscn2)CC1=O. The van der Waals surface area contributed by atoms with E-state index < -0.39 is 0 Å². The molecule has 0 saturated carbocycles. The van der Waals surface area contributed by atoms with E-state index in [-0.39, 0.29) is 23.8 Å². The van der Waals surface area contributed by atoms with Crippen LogP contribution in [-0.4, -0.2) is 34.8 Å². The Kier molecular flexibility index (Phi) is 5.25. The predicted octanol–water partition coefficient (Wildman–Crippen LogP) is 2.41. The second-order valence-corrected chi connectivity index (χ2v) is 6.77. The van der Waals surface area contributed by atoms with Gasteiger partial charge in [-0.05, 0) is 12.5 Å². The maximum absolute atomic E-state index is 12.3. The summed E-state index contributed by atoms with van der Waals surface area (Å²) in [7, 11) is 0. The van der Waals surface area contributed by atoms with Gasteiger partial charge in [0.05, 0.1) is 23.2 Å². The fourth-order valence-electron chi connectivity index (χ4n) is 3.01. The van der Waals surface area contributed by atoms with E-state index in [0.717, 1.165) is 17.7 Å². The molecule has 1 aliphatic heterocycles. The van der Waals surface area contributed by atoms with Gasteiger partial charge in [0.25, 0.3) is 0 Å². The molecule has 24 heavy (non-hydrogen) atoms. The molecule has 3 rings (SSSR count). The number of nitrogens with one attached hydrogen (secondary N) is 1. The van der Waals surface area contributed by atoms with E-state index in [1.807, 2.05) is 42.6 Å². The third-order valence-corrected chi connectivity index (χ3v) is 5.08. The summed E-state index contributed by atoms with van der Waals surface area (Å²) in [5.41, 5.74) is 3.87. The average molecular weight is 343 g/mol. The molecule has 2 heterocycles. The summed E-state index contributed by atoms with van der Waals surface area (Å²) in [6, 6.07) is 9.91. The summed E-state index contributed by atoms with van der Waals surface area (Å²) >= 11 is 1.55. The first-order valence-corrected chi connectivity index (χ1v) is 9.08. The van der Waals surface area contributed by atoms with Crippen molar-refractivity contribution in [2.75, 3.05) is 13.1 Å². The van der Waals surface area contributed by atoms with Gasteiger partial charge in [-0.25, -0.2) is 4.98 Å². The molecule has 0 spiro atoms. The molecule has 0 bridgehead atoms. The molecule has 1 aromatic carbocycles. The number of amides is 2. The fraction of sp³-hybridized carbons (Fsp3) is 0.389. The van der Waals surface area contributed by atoms with Gasteiger partial charge in [0.2, 0.25) is 11.8 Å². The Hall–Kier alpha value is -2.21. The molecule has 6 heteroatoms. The minimum Gasteiger partial charge on any atom is -0.355 e. The number of aromatic nitrogens is 1. The van der Waals surface area contributed by atoms with Gasteiger partial charge in [-0.1, -0.05) is 30.3 Å². The fourth-order valence-corrected chi connectivity index (χ4v) is 3.61. The number of benzene rings is 1. The highest BCUT2D eigenvalue weighted by Gasteiger charge is 2.36. The molecule has 1 aromatic heterocycles. The van der Waals surface area contributed by atoms with Crippen LogP contribution < -0.4 is 5.32 Å². The lowest BCUT2D eigenvalue weighted by atomic mass is 10.1. The molecule has 2 amide bonds. The van der Waals surface area contributed by atoms with Crippen LogP contribution in [-0.2, 0) is 16.0 Å². The smallest absolute Gasteiger partial charge is 0.225 e. The van der Waals surface area contributed by atoms with Crippen LogP contribution in [0.15, 0.2) is 41.2 Å². The average Bonchev–Trinajstić information content (AvgIpc) is 3.24. The molecule has 0 aliphatic carbocycles. The first-order chi connectivity index (χ1) is 11.6. The molecule has 1 fully saturated rings. The van der Waals surface area contributed by atoms with Gasteiger partial charge < -0.3 is 10.2 Å². The summed E-state index contributed by atoms with van der Waals surface area (Å²) in [6.45, 7) is 3.05. The van der Waals surface area contributed by atoms with Crippen LogP contribution in [0.5, 0.6) is 0 Å². The van der Waals surface area contributed by atoms with E-state index in [0.29, 0.717) is 19.5 Å². The molecule has 5 nitrogen and oxygen atoms in total. The van der Waals surface area contributed by atoms with Crippen molar-refractivity contribution >= 4 is 23.2 Å².